The molecule has 0 spiro atoms. The first kappa shape index (κ1) is 15.1. The highest BCUT2D eigenvalue weighted by Gasteiger charge is 2.53. The minimum atomic E-state index is -0.699. The van der Waals surface area contributed by atoms with Crippen molar-refractivity contribution >= 4 is 17.7 Å². The fraction of sp³-hybridized carbons (Fsp3) is 0.909. The van der Waals surface area contributed by atoms with Gasteiger partial charge in [0.15, 0.2) is 0 Å². The number of esters is 1. The number of carbonyl (C=O) groups excluding carboxylic acids is 1. The molecule has 0 aromatic carbocycles. The molecule has 6 nitrogen and oxygen atoms in total. The third kappa shape index (κ3) is 2.91. The van der Waals surface area contributed by atoms with Crippen molar-refractivity contribution in [3.63, 3.8) is 0 Å². The number of azide groups is 1. The molecule has 1 N–H and O–H groups in total. The van der Waals surface area contributed by atoms with Crippen molar-refractivity contribution in [1.82, 2.24) is 5.32 Å². The van der Waals surface area contributed by atoms with Gasteiger partial charge in [0, 0.05) is 23.8 Å². The molecular formula is C11H20N4O2S. The van der Waals surface area contributed by atoms with Gasteiger partial charge in [-0.3, -0.25) is 4.79 Å². The molecule has 102 valence electrons. The summed E-state index contributed by atoms with van der Waals surface area (Å²) in [7, 11) is 1.41. The van der Waals surface area contributed by atoms with E-state index in [0.29, 0.717) is 18.8 Å². The van der Waals surface area contributed by atoms with Gasteiger partial charge >= 0.3 is 5.97 Å². The molecule has 0 aromatic heterocycles. The maximum Gasteiger partial charge on any atom is 0.327 e. The van der Waals surface area contributed by atoms with E-state index in [1.54, 1.807) is 11.8 Å². The number of rotatable bonds is 5. The molecule has 0 aliphatic carbocycles. The zero-order chi connectivity index (χ0) is 13.6. The van der Waals surface area contributed by atoms with Crippen molar-refractivity contribution < 1.29 is 9.53 Å². The van der Waals surface area contributed by atoms with Gasteiger partial charge in [0.05, 0.1) is 7.11 Å². The molecule has 1 fully saturated rings. The zero-order valence-corrected chi connectivity index (χ0v) is 11.9. The Hall–Kier alpha value is -0.910. The fourth-order valence-corrected chi connectivity index (χ4v) is 3.91. The topological polar surface area (TPSA) is 87.1 Å². The summed E-state index contributed by atoms with van der Waals surface area (Å²) in [4.78, 5) is 14.9. The van der Waals surface area contributed by atoms with E-state index in [9.17, 15) is 4.79 Å². The molecule has 7 heteroatoms. The molecule has 1 aliphatic rings. The number of methoxy groups -OCH3 is 1. The van der Waals surface area contributed by atoms with Crippen molar-refractivity contribution in [1.29, 1.82) is 0 Å². The maximum absolute atomic E-state index is 12.2. The molecule has 0 aromatic rings. The van der Waals surface area contributed by atoms with Crippen LogP contribution in [0.25, 0.3) is 10.4 Å². The number of hydrogen-bond acceptors (Lipinski definition) is 5. The van der Waals surface area contributed by atoms with Crippen LogP contribution in [0, 0.1) is 5.41 Å². The fourth-order valence-electron chi connectivity index (χ4n) is 2.20. The average molecular weight is 272 g/mol. The Labute approximate surface area is 111 Å². The van der Waals surface area contributed by atoms with E-state index in [0.717, 1.165) is 12.2 Å². The molecule has 1 rings (SSSR count). The lowest BCUT2D eigenvalue weighted by atomic mass is 9.70. The Morgan fingerprint density at radius 3 is 2.89 bits per heavy atom. The SMILES string of the molecule is COC(=O)C1(NCCN=[N+]=[N-])CSCCC1(C)C. The zero-order valence-electron chi connectivity index (χ0n) is 11.1. The van der Waals surface area contributed by atoms with Crippen molar-refractivity contribution in [2.45, 2.75) is 25.8 Å². The van der Waals surface area contributed by atoms with E-state index in [4.69, 9.17) is 10.3 Å². The third-order valence-electron chi connectivity index (χ3n) is 3.58. The number of nitrogens with one attached hydrogen (secondary N) is 1. The largest absolute Gasteiger partial charge is 0.468 e. The lowest BCUT2D eigenvalue weighted by Crippen LogP contribution is -2.66. The standard InChI is InChI=1S/C11H20N4O2S/c1-10(2)4-7-18-8-11(10,9(16)17-3)13-5-6-14-15-12/h13H,4-8H2,1-3H3. The second-order valence-electron chi connectivity index (χ2n) is 4.96. The molecule has 18 heavy (non-hydrogen) atoms. The smallest absolute Gasteiger partial charge is 0.327 e. The number of hydrogen-bond donors (Lipinski definition) is 1. The minimum absolute atomic E-state index is 0.179. The normalized spacial score (nSPS) is 26.2. The highest BCUT2D eigenvalue weighted by Crippen LogP contribution is 2.42. The number of ether oxygens (including phenoxy) is 1. The number of carbonyl (C=O) groups is 1. The summed E-state index contributed by atoms with van der Waals surface area (Å²) >= 11 is 1.74. The summed E-state index contributed by atoms with van der Waals surface area (Å²) in [6.45, 7) is 4.95. The van der Waals surface area contributed by atoms with Crippen LogP contribution < -0.4 is 5.32 Å². The molecule has 1 aliphatic heterocycles. The van der Waals surface area contributed by atoms with E-state index >= 15 is 0 Å². The highest BCUT2D eigenvalue weighted by atomic mass is 32.2. The summed E-state index contributed by atoms with van der Waals surface area (Å²) in [5.74, 6) is 1.49. The van der Waals surface area contributed by atoms with Crippen LogP contribution in [-0.2, 0) is 9.53 Å². The lowest BCUT2D eigenvalue weighted by Gasteiger charge is -2.48. The van der Waals surface area contributed by atoms with Crippen LogP contribution in [0.15, 0.2) is 5.11 Å². The summed E-state index contributed by atoms with van der Waals surface area (Å²) in [5, 5.41) is 6.73. The quantitative estimate of drug-likeness (QED) is 0.272. The van der Waals surface area contributed by atoms with Crippen LogP contribution in [0.4, 0.5) is 0 Å². The van der Waals surface area contributed by atoms with Gasteiger partial charge in [-0.1, -0.05) is 19.0 Å². The molecule has 0 amide bonds. The summed E-state index contributed by atoms with van der Waals surface area (Å²) in [6, 6.07) is 0. The average Bonchev–Trinajstić information content (AvgIpc) is 2.35. The van der Waals surface area contributed by atoms with Crippen LogP contribution in [-0.4, -0.2) is 43.2 Å². The molecular weight excluding hydrogens is 252 g/mol. The molecule has 1 heterocycles. The van der Waals surface area contributed by atoms with Crippen LogP contribution >= 0.6 is 11.8 Å². The van der Waals surface area contributed by atoms with E-state index in [1.807, 2.05) is 0 Å². The van der Waals surface area contributed by atoms with Gasteiger partial charge in [0.1, 0.15) is 5.54 Å². The summed E-state index contributed by atoms with van der Waals surface area (Å²) < 4.78 is 4.97. The van der Waals surface area contributed by atoms with Gasteiger partial charge in [0.25, 0.3) is 0 Å². The summed E-state index contributed by atoms with van der Waals surface area (Å²) in [6.07, 6.45) is 0.946. The monoisotopic (exact) mass is 272 g/mol. The second-order valence-corrected chi connectivity index (χ2v) is 6.07. The second kappa shape index (κ2) is 6.31. The Bertz CT molecular complexity index is 355. The summed E-state index contributed by atoms with van der Waals surface area (Å²) in [5.41, 5.74) is 7.38. The van der Waals surface area contributed by atoms with Crippen LogP contribution in [0.1, 0.15) is 20.3 Å². The number of thioether (sulfide) groups is 1. The van der Waals surface area contributed by atoms with Gasteiger partial charge in [-0.2, -0.15) is 11.8 Å². The molecule has 1 atom stereocenters. The van der Waals surface area contributed by atoms with Gasteiger partial charge in [-0.05, 0) is 23.1 Å². The van der Waals surface area contributed by atoms with Crippen molar-refractivity contribution in [2.75, 3.05) is 31.7 Å². The van der Waals surface area contributed by atoms with Crippen LogP contribution in [0.5, 0.6) is 0 Å². The molecule has 1 saturated heterocycles. The number of nitrogens with zero attached hydrogens (tertiary/aromatic N) is 3. The first-order chi connectivity index (χ1) is 8.50. The highest BCUT2D eigenvalue weighted by molar-refractivity contribution is 7.99. The maximum atomic E-state index is 12.2. The van der Waals surface area contributed by atoms with Gasteiger partial charge < -0.3 is 10.1 Å². The molecule has 0 bridgehead atoms. The molecule has 1 unspecified atom stereocenters. The van der Waals surface area contributed by atoms with Crippen molar-refractivity contribution in [3.8, 4) is 0 Å². The van der Waals surface area contributed by atoms with E-state index in [-0.39, 0.29) is 11.4 Å². The van der Waals surface area contributed by atoms with Crippen molar-refractivity contribution in [2.24, 2.45) is 10.5 Å². The van der Waals surface area contributed by atoms with E-state index in [2.05, 4.69) is 29.2 Å². The predicted molar refractivity (Wildman–Crippen MR) is 72.5 cm³/mol. The van der Waals surface area contributed by atoms with Gasteiger partial charge in [0.2, 0.25) is 0 Å². The Morgan fingerprint density at radius 2 is 2.33 bits per heavy atom. The molecule has 0 radical (unpaired) electrons. The Kier molecular flexibility index (Phi) is 5.31. The first-order valence-corrected chi connectivity index (χ1v) is 7.08. The van der Waals surface area contributed by atoms with Gasteiger partial charge in [-0.15, -0.1) is 0 Å². The van der Waals surface area contributed by atoms with E-state index < -0.39 is 5.54 Å². The van der Waals surface area contributed by atoms with Crippen molar-refractivity contribution in [3.05, 3.63) is 10.4 Å². The van der Waals surface area contributed by atoms with Gasteiger partial charge in [-0.25, -0.2) is 0 Å². The Balaban J connectivity index is 2.86. The first-order valence-electron chi connectivity index (χ1n) is 5.92. The third-order valence-corrected chi connectivity index (χ3v) is 4.71. The van der Waals surface area contributed by atoms with Crippen LogP contribution in [0.3, 0.4) is 0 Å². The predicted octanol–water partition coefficient (Wildman–Crippen LogP) is 1.96. The minimum Gasteiger partial charge on any atom is -0.468 e. The Morgan fingerprint density at radius 1 is 1.61 bits per heavy atom. The van der Waals surface area contributed by atoms with E-state index in [1.165, 1.54) is 7.11 Å². The van der Waals surface area contributed by atoms with Crippen LogP contribution in [0.2, 0.25) is 0 Å². The molecule has 0 saturated carbocycles. The lowest BCUT2D eigenvalue weighted by molar-refractivity contribution is -0.153.